The Balaban J connectivity index is 1.61. The van der Waals surface area contributed by atoms with Crippen molar-refractivity contribution in [2.75, 3.05) is 54.1 Å². The van der Waals surface area contributed by atoms with Crippen molar-refractivity contribution in [3.05, 3.63) is 17.7 Å². The zero-order chi connectivity index (χ0) is 25.6. The molecule has 1 N–H and O–H groups in total. The van der Waals surface area contributed by atoms with Gasteiger partial charge in [0.15, 0.2) is 11.5 Å². The van der Waals surface area contributed by atoms with Gasteiger partial charge in [0.2, 0.25) is 5.75 Å². The number of alkyl carbamates (subject to hydrolysis) is 1. The van der Waals surface area contributed by atoms with Gasteiger partial charge in [-0.2, -0.15) is 0 Å². The van der Waals surface area contributed by atoms with Crippen LogP contribution in [0.5, 0.6) is 17.2 Å². The van der Waals surface area contributed by atoms with E-state index in [9.17, 15) is 14.4 Å². The van der Waals surface area contributed by atoms with Crippen LogP contribution in [0.3, 0.4) is 0 Å². The third-order valence-corrected chi connectivity index (χ3v) is 6.30. The van der Waals surface area contributed by atoms with Crippen LogP contribution in [0.15, 0.2) is 12.1 Å². The van der Waals surface area contributed by atoms with E-state index in [1.54, 1.807) is 26.2 Å². The summed E-state index contributed by atoms with van der Waals surface area (Å²) in [7, 11) is 4.71. The fourth-order valence-corrected chi connectivity index (χ4v) is 4.15. The summed E-state index contributed by atoms with van der Waals surface area (Å²) in [6, 6.07) is 3.76. The van der Waals surface area contributed by atoms with E-state index >= 15 is 0 Å². The molecule has 0 bridgehead atoms. The number of hydrogen-bond acceptors (Lipinski definition) is 9. The first-order valence-corrected chi connectivity index (χ1v) is 11.8. The van der Waals surface area contributed by atoms with E-state index in [1.165, 1.54) is 0 Å². The van der Waals surface area contributed by atoms with Gasteiger partial charge in [0.1, 0.15) is 0 Å². The van der Waals surface area contributed by atoms with Crippen LogP contribution in [0.25, 0.3) is 0 Å². The second kappa shape index (κ2) is 11.6. The molecule has 2 heterocycles. The molecule has 2 aliphatic rings. The van der Waals surface area contributed by atoms with Gasteiger partial charge in [-0.1, -0.05) is 19.4 Å². The standard InChI is InChI=1S/C24H35N3O8/c1-6-7-10-25-23(30)35-22(29)24(15-34-24)21(28)27-12-11-26(16(2)13-27)14-17-8-9-18(31-3)20(33-5)19(17)32-4/h8-9,16H,6-7,10-15H2,1-5H3,(H,25,30). The maximum atomic E-state index is 13.1. The molecule has 1 aromatic carbocycles. The Morgan fingerprint density at radius 1 is 1.11 bits per heavy atom. The molecule has 2 saturated heterocycles. The Morgan fingerprint density at radius 3 is 2.40 bits per heavy atom. The molecule has 11 heteroatoms. The number of epoxide rings is 1. The molecule has 0 saturated carbocycles. The lowest BCUT2D eigenvalue weighted by Gasteiger charge is -2.40. The molecular formula is C24H35N3O8. The average Bonchev–Trinajstić information content (AvgIpc) is 3.66. The van der Waals surface area contributed by atoms with Gasteiger partial charge in [0.05, 0.1) is 27.9 Å². The van der Waals surface area contributed by atoms with Gasteiger partial charge in [-0.25, -0.2) is 9.59 Å². The third kappa shape index (κ3) is 5.79. The minimum atomic E-state index is -1.73. The Labute approximate surface area is 205 Å². The van der Waals surface area contributed by atoms with Crippen molar-refractivity contribution >= 4 is 18.0 Å². The van der Waals surface area contributed by atoms with Gasteiger partial charge in [0.25, 0.3) is 11.5 Å². The van der Waals surface area contributed by atoms with Crippen molar-refractivity contribution in [1.82, 2.24) is 15.1 Å². The summed E-state index contributed by atoms with van der Waals surface area (Å²) in [6.45, 7) is 6.25. The maximum Gasteiger partial charge on any atom is 0.414 e. The van der Waals surface area contributed by atoms with Gasteiger partial charge in [-0.3, -0.25) is 9.69 Å². The maximum absolute atomic E-state index is 13.1. The summed E-state index contributed by atoms with van der Waals surface area (Å²) in [5.74, 6) is 0.264. The predicted molar refractivity (Wildman–Crippen MR) is 126 cm³/mol. The van der Waals surface area contributed by atoms with Crippen LogP contribution in [-0.4, -0.2) is 93.5 Å². The molecule has 0 aliphatic carbocycles. The number of benzene rings is 1. The van der Waals surface area contributed by atoms with Crippen molar-refractivity contribution < 1.29 is 38.1 Å². The number of rotatable bonds is 10. The first kappa shape index (κ1) is 26.6. The van der Waals surface area contributed by atoms with Crippen molar-refractivity contribution in [2.45, 2.75) is 44.9 Å². The molecule has 3 rings (SSSR count). The third-order valence-electron chi connectivity index (χ3n) is 6.30. The van der Waals surface area contributed by atoms with Crippen LogP contribution in [0, 0.1) is 0 Å². The minimum absolute atomic E-state index is 0.00494. The first-order valence-electron chi connectivity index (χ1n) is 11.8. The normalized spacial score (nSPS) is 21.7. The SMILES string of the molecule is CCCCNC(=O)OC(=O)C1(C(=O)N2CCN(Cc3ccc(OC)c(OC)c3OC)C(C)C2)CO1. The Hall–Kier alpha value is -3.05. The molecule has 0 aromatic heterocycles. The zero-order valence-electron chi connectivity index (χ0n) is 21.0. The number of ether oxygens (including phenoxy) is 5. The van der Waals surface area contributed by atoms with Gasteiger partial charge in [0, 0.05) is 44.3 Å². The van der Waals surface area contributed by atoms with E-state index in [4.69, 9.17) is 23.7 Å². The summed E-state index contributed by atoms with van der Waals surface area (Å²) in [6.07, 6.45) is 0.789. The van der Waals surface area contributed by atoms with E-state index in [0.717, 1.165) is 18.4 Å². The molecule has 2 aliphatic heterocycles. The van der Waals surface area contributed by atoms with E-state index in [1.807, 2.05) is 26.0 Å². The van der Waals surface area contributed by atoms with Crippen molar-refractivity contribution in [3.63, 3.8) is 0 Å². The fourth-order valence-electron chi connectivity index (χ4n) is 4.15. The van der Waals surface area contributed by atoms with Crippen LogP contribution in [-0.2, 0) is 25.6 Å². The van der Waals surface area contributed by atoms with Crippen LogP contribution < -0.4 is 19.5 Å². The zero-order valence-corrected chi connectivity index (χ0v) is 21.0. The molecule has 194 valence electrons. The van der Waals surface area contributed by atoms with Crippen LogP contribution in [0.4, 0.5) is 4.79 Å². The van der Waals surface area contributed by atoms with Gasteiger partial charge in [-0.15, -0.1) is 0 Å². The highest BCUT2D eigenvalue weighted by Crippen LogP contribution is 2.40. The Kier molecular flexibility index (Phi) is 8.79. The second-order valence-corrected chi connectivity index (χ2v) is 8.64. The summed E-state index contributed by atoms with van der Waals surface area (Å²) >= 11 is 0. The Bertz CT molecular complexity index is 934. The lowest BCUT2D eigenvalue weighted by atomic mass is 10.1. The number of amides is 2. The highest BCUT2D eigenvalue weighted by molar-refractivity contribution is 6.11. The molecule has 0 spiro atoms. The lowest BCUT2D eigenvalue weighted by Crippen LogP contribution is -2.57. The molecule has 11 nitrogen and oxygen atoms in total. The van der Waals surface area contributed by atoms with Crippen molar-refractivity contribution in [2.24, 2.45) is 0 Å². The molecule has 0 radical (unpaired) electrons. The number of carbonyl (C=O) groups is 3. The molecular weight excluding hydrogens is 458 g/mol. The number of esters is 1. The number of nitrogens with zero attached hydrogens (tertiary/aromatic N) is 2. The Morgan fingerprint density at radius 2 is 1.83 bits per heavy atom. The number of piperazine rings is 1. The van der Waals surface area contributed by atoms with Crippen LogP contribution in [0.1, 0.15) is 32.3 Å². The highest BCUT2D eigenvalue weighted by Gasteiger charge is 2.63. The quantitative estimate of drug-likeness (QED) is 0.224. The van der Waals surface area contributed by atoms with Crippen molar-refractivity contribution in [1.29, 1.82) is 0 Å². The number of methoxy groups -OCH3 is 3. The van der Waals surface area contributed by atoms with Crippen LogP contribution in [0.2, 0.25) is 0 Å². The first-order chi connectivity index (χ1) is 16.8. The average molecular weight is 494 g/mol. The molecule has 2 fully saturated rings. The largest absolute Gasteiger partial charge is 0.493 e. The minimum Gasteiger partial charge on any atom is -0.493 e. The van der Waals surface area contributed by atoms with Gasteiger partial charge < -0.3 is 33.9 Å². The monoisotopic (exact) mass is 493 g/mol. The smallest absolute Gasteiger partial charge is 0.414 e. The predicted octanol–water partition coefficient (Wildman–Crippen LogP) is 1.57. The topological polar surface area (TPSA) is 119 Å². The second-order valence-electron chi connectivity index (χ2n) is 8.64. The van der Waals surface area contributed by atoms with E-state index in [0.29, 0.717) is 50.0 Å². The van der Waals surface area contributed by atoms with Crippen molar-refractivity contribution in [3.8, 4) is 17.2 Å². The van der Waals surface area contributed by atoms with Gasteiger partial charge in [-0.05, 0) is 19.4 Å². The molecule has 1 aromatic rings. The highest BCUT2D eigenvalue weighted by atomic mass is 16.7. The number of carbonyl (C=O) groups excluding carboxylic acids is 3. The molecule has 2 atom stereocenters. The molecule has 2 amide bonds. The van der Waals surface area contributed by atoms with E-state index < -0.39 is 23.6 Å². The number of unbranched alkanes of at least 4 members (excludes halogenated alkanes) is 1. The summed E-state index contributed by atoms with van der Waals surface area (Å²) < 4.78 is 26.5. The van der Waals surface area contributed by atoms with Crippen LogP contribution >= 0.6 is 0 Å². The molecule has 35 heavy (non-hydrogen) atoms. The van der Waals surface area contributed by atoms with Gasteiger partial charge >= 0.3 is 12.1 Å². The number of nitrogens with one attached hydrogen (secondary N) is 1. The van der Waals surface area contributed by atoms with E-state index in [-0.39, 0.29) is 12.6 Å². The lowest BCUT2D eigenvalue weighted by molar-refractivity contribution is -0.154. The summed E-state index contributed by atoms with van der Waals surface area (Å²) in [4.78, 5) is 41.3. The van der Waals surface area contributed by atoms with E-state index in [2.05, 4.69) is 10.2 Å². The molecule has 2 unspecified atom stereocenters. The number of hydrogen-bond donors (Lipinski definition) is 1. The summed E-state index contributed by atoms with van der Waals surface area (Å²) in [5.41, 5.74) is -0.798. The fraction of sp³-hybridized carbons (Fsp3) is 0.625. The summed E-state index contributed by atoms with van der Waals surface area (Å²) in [5, 5.41) is 2.50.